The molecule has 1 aliphatic heterocycles. The maximum Gasteiger partial charge on any atom is 0.0621 e. The lowest BCUT2D eigenvalue weighted by Crippen LogP contribution is -2.34. The lowest BCUT2D eigenvalue weighted by Gasteiger charge is -2.27. The summed E-state index contributed by atoms with van der Waals surface area (Å²) >= 11 is 0. The molecule has 0 atom stereocenters. The van der Waals surface area contributed by atoms with Crippen LogP contribution < -0.4 is 5.32 Å². The highest BCUT2D eigenvalue weighted by Gasteiger charge is 2.18. The fourth-order valence-electron chi connectivity index (χ4n) is 2.05. The lowest BCUT2D eigenvalue weighted by atomic mass is 9.87. The van der Waals surface area contributed by atoms with Gasteiger partial charge in [-0.2, -0.15) is 5.26 Å². The van der Waals surface area contributed by atoms with Gasteiger partial charge < -0.3 is 10.1 Å². The van der Waals surface area contributed by atoms with Crippen LogP contribution in [0.15, 0.2) is 0 Å². The van der Waals surface area contributed by atoms with E-state index < -0.39 is 0 Å². The average molecular weight is 224 g/mol. The molecule has 0 amide bonds. The molecule has 0 spiro atoms. The van der Waals surface area contributed by atoms with Gasteiger partial charge in [-0.3, -0.25) is 0 Å². The fraction of sp³-hybridized carbons (Fsp3) is 0.923. The van der Waals surface area contributed by atoms with Crippen LogP contribution in [0.25, 0.3) is 0 Å². The number of nitrogens with one attached hydrogen (secondary N) is 1. The molecule has 1 rings (SSSR count). The topological polar surface area (TPSA) is 45.0 Å². The van der Waals surface area contributed by atoms with Gasteiger partial charge >= 0.3 is 0 Å². The minimum absolute atomic E-state index is 0.237. The zero-order valence-corrected chi connectivity index (χ0v) is 10.6. The normalized spacial score (nSPS) is 18.3. The highest BCUT2D eigenvalue weighted by Crippen LogP contribution is 2.21. The quantitative estimate of drug-likeness (QED) is 0.753. The SMILES string of the molecule is CC(C)(CCC#N)CNCC1CCOCC1. The van der Waals surface area contributed by atoms with Gasteiger partial charge in [0.15, 0.2) is 0 Å². The predicted molar refractivity (Wildman–Crippen MR) is 65.0 cm³/mol. The molecule has 1 aliphatic rings. The predicted octanol–water partition coefficient (Wildman–Crippen LogP) is 2.33. The highest BCUT2D eigenvalue weighted by atomic mass is 16.5. The minimum atomic E-state index is 0.237. The van der Waals surface area contributed by atoms with Crippen LogP contribution in [0.4, 0.5) is 0 Å². The van der Waals surface area contributed by atoms with Crippen LogP contribution in [-0.4, -0.2) is 26.3 Å². The Hall–Kier alpha value is -0.590. The molecule has 0 unspecified atom stereocenters. The van der Waals surface area contributed by atoms with Gasteiger partial charge in [0.1, 0.15) is 0 Å². The highest BCUT2D eigenvalue weighted by molar-refractivity contribution is 4.79. The lowest BCUT2D eigenvalue weighted by molar-refractivity contribution is 0.0655. The molecular formula is C13H24N2O. The van der Waals surface area contributed by atoms with Crippen LogP contribution in [-0.2, 0) is 4.74 Å². The standard InChI is InChI=1S/C13H24N2O/c1-13(2,6-3-7-14)11-15-10-12-4-8-16-9-5-12/h12,15H,3-6,8-11H2,1-2H3. The van der Waals surface area contributed by atoms with E-state index in [1.807, 2.05) is 0 Å². The first-order valence-corrected chi connectivity index (χ1v) is 6.29. The number of nitrogens with zero attached hydrogens (tertiary/aromatic N) is 1. The van der Waals surface area contributed by atoms with Crippen molar-refractivity contribution in [3.05, 3.63) is 0 Å². The van der Waals surface area contributed by atoms with Crippen molar-refractivity contribution in [2.45, 2.75) is 39.5 Å². The molecule has 16 heavy (non-hydrogen) atoms. The summed E-state index contributed by atoms with van der Waals surface area (Å²) in [6.07, 6.45) is 4.01. The van der Waals surface area contributed by atoms with E-state index in [2.05, 4.69) is 25.2 Å². The van der Waals surface area contributed by atoms with E-state index in [1.54, 1.807) is 0 Å². The van der Waals surface area contributed by atoms with Crippen LogP contribution >= 0.6 is 0 Å². The molecule has 3 nitrogen and oxygen atoms in total. The molecule has 0 saturated carbocycles. The Balaban J connectivity index is 2.11. The van der Waals surface area contributed by atoms with Crippen molar-refractivity contribution in [3.8, 4) is 6.07 Å². The zero-order chi connectivity index (χ0) is 11.9. The second-order valence-electron chi connectivity index (χ2n) is 5.51. The minimum Gasteiger partial charge on any atom is -0.381 e. The average Bonchev–Trinajstić information content (AvgIpc) is 2.28. The van der Waals surface area contributed by atoms with Crippen molar-refractivity contribution in [1.82, 2.24) is 5.32 Å². The van der Waals surface area contributed by atoms with Crippen molar-refractivity contribution in [3.63, 3.8) is 0 Å². The van der Waals surface area contributed by atoms with E-state index >= 15 is 0 Å². The van der Waals surface area contributed by atoms with Gasteiger partial charge in [0.05, 0.1) is 6.07 Å². The van der Waals surface area contributed by atoms with E-state index in [-0.39, 0.29) is 5.41 Å². The first-order valence-electron chi connectivity index (χ1n) is 6.29. The molecule has 1 N–H and O–H groups in total. The summed E-state index contributed by atoms with van der Waals surface area (Å²) in [6, 6.07) is 2.22. The summed E-state index contributed by atoms with van der Waals surface area (Å²) < 4.78 is 5.34. The summed E-state index contributed by atoms with van der Waals surface area (Å²) in [5.41, 5.74) is 0.237. The molecule has 92 valence electrons. The first kappa shape index (κ1) is 13.5. The molecule has 0 radical (unpaired) electrons. The van der Waals surface area contributed by atoms with Crippen molar-refractivity contribution in [2.75, 3.05) is 26.3 Å². The maximum absolute atomic E-state index is 8.57. The number of nitriles is 1. The molecule has 0 bridgehead atoms. The largest absolute Gasteiger partial charge is 0.381 e. The molecule has 0 aromatic rings. The van der Waals surface area contributed by atoms with Crippen molar-refractivity contribution in [2.24, 2.45) is 11.3 Å². The van der Waals surface area contributed by atoms with E-state index in [0.29, 0.717) is 6.42 Å². The van der Waals surface area contributed by atoms with Crippen LogP contribution in [0.2, 0.25) is 0 Å². The molecule has 1 fully saturated rings. The molecule has 0 aromatic heterocycles. The Morgan fingerprint density at radius 1 is 1.38 bits per heavy atom. The summed E-state index contributed by atoms with van der Waals surface area (Å²) in [5.74, 6) is 0.778. The van der Waals surface area contributed by atoms with E-state index in [0.717, 1.165) is 38.6 Å². The van der Waals surface area contributed by atoms with Crippen molar-refractivity contribution < 1.29 is 4.74 Å². The van der Waals surface area contributed by atoms with Gasteiger partial charge in [-0.15, -0.1) is 0 Å². The zero-order valence-electron chi connectivity index (χ0n) is 10.6. The van der Waals surface area contributed by atoms with Crippen LogP contribution in [0.5, 0.6) is 0 Å². The maximum atomic E-state index is 8.57. The van der Waals surface area contributed by atoms with Crippen molar-refractivity contribution >= 4 is 0 Å². The third-order valence-electron chi connectivity index (χ3n) is 3.29. The molecule has 0 aromatic carbocycles. The first-order chi connectivity index (χ1) is 7.64. The van der Waals surface area contributed by atoms with Gasteiger partial charge in [0.2, 0.25) is 0 Å². The molecule has 1 saturated heterocycles. The van der Waals surface area contributed by atoms with E-state index in [1.165, 1.54) is 12.8 Å². The smallest absolute Gasteiger partial charge is 0.0621 e. The van der Waals surface area contributed by atoms with Gasteiger partial charge in [0.25, 0.3) is 0 Å². The Labute approximate surface area is 99.2 Å². The molecular weight excluding hydrogens is 200 g/mol. The Kier molecular flexibility index (Phi) is 5.79. The number of hydrogen-bond acceptors (Lipinski definition) is 3. The number of hydrogen-bond donors (Lipinski definition) is 1. The molecule has 3 heteroatoms. The van der Waals surface area contributed by atoms with Crippen LogP contribution in [0.3, 0.4) is 0 Å². The van der Waals surface area contributed by atoms with Gasteiger partial charge in [-0.25, -0.2) is 0 Å². The second kappa shape index (κ2) is 6.88. The van der Waals surface area contributed by atoms with Gasteiger partial charge in [-0.05, 0) is 37.1 Å². The Morgan fingerprint density at radius 3 is 2.69 bits per heavy atom. The van der Waals surface area contributed by atoms with Gasteiger partial charge in [0, 0.05) is 26.2 Å². The van der Waals surface area contributed by atoms with Crippen LogP contribution in [0, 0.1) is 22.7 Å². The molecule has 0 aliphatic carbocycles. The number of ether oxygens (including phenoxy) is 1. The van der Waals surface area contributed by atoms with E-state index in [4.69, 9.17) is 10.00 Å². The van der Waals surface area contributed by atoms with Crippen molar-refractivity contribution in [1.29, 1.82) is 5.26 Å². The summed E-state index contributed by atoms with van der Waals surface area (Å²) in [5, 5.41) is 12.1. The van der Waals surface area contributed by atoms with E-state index in [9.17, 15) is 0 Å². The van der Waals surface area contributed by atoms with Gasteiger partial charge in [-0.1, -0.05) is 13.8 Å². The third kappa shape index (κ3) is 5.48. The monoisotopic (exact) mass is 224 g/mol. The fourth-order valence-corrected chi connectivity index (χ4v) is 2.05. The summed E-state index contributed by atoms with van der Waals surface area (Å²) in [7, 11) is 0. The Bertz CT molecular complexity index is 227. The Morgan fingerprint density at radius 2 is 2.06 bits per heavy atom. The van der Waals surface area contributed by atoms with Crippen LogP contribution in [0.1, 0.15) is 39.5 Å². The summed E-state index contributed by atoms with van der Waals surface area (Å²) in [6.45, 7) is 8.39. The molecule has 1 heterocycles. The summed E-state index contributed by atoms with van der Waals surface area (Å²) in [4.78, 5) is 0. The second-order valence-corrected chi connectivity index (χ2v) is 5.51. The third-order valence-corrected chi connectivity index (χ3v) is 3.29. The number of rotatable bonds is 6.